The molecule has 1 aromatic rings. The smallest absolute Gasteiger partial charge is 0.232 e. The molecule has 1 heterocycles. The van der Waals surface area contributed by atoms with E-state index >= 15 is 0 Å². The molecule has 0 saturated carbocycles. The van der Waals surface area contributed by atoms with Crippen molar-refractivity contribution in [1.29, 1.82) is 0 Å². The van der Waals surface area contributed by atoms with Crippen molar-refractivity contribution in [3.63, 3.8) is 0 Å². The molecule has 0 spiro atoms. The molecule has 0 amide bonds. The first-order chi connectivity index (χ1) is 5.79. The van der Waals surface area contributed by atoms with Crippen molar-refractivity contribution in [3.05, 3.63) is 23.7 Å². The predicted octanol–water partition coefficient (Wildman–Crippen LogP) is 1.37. The molecule has 3 nitrogen and oxygen atoms in total. The van der Waals surface area contributed by atoms with E-state index in [0.29, 0.717) is 30.6 Å². The molecule has 12 heavy (non-hydrogen) atoms. The third kappa shape index (κ3) is 0.978. The van der Waals surface area contributed by atoms with Gasteiger partial charge in [-0.1, -0.05) is 0 Å². The summed E-state index contributed by atoms with van der Waals surface area (Å²) >= 11 is 0. The molecule has 0 atom stereocenters. The Labute approximate surface area is 69.4 Å². The number of carbonyl (C=O) groups excluding carboxylic acids is 2. The van der Waals surface area contributed by atoms with E-state index in [-0.39, 0.29) is 5.78 Å². The minimum Gasteiger partial charge on any atom is -0.469 e. The van der Waals surface area contributed by atoms with E-state index in [1.807, 2.05) is 0 Å². The molecule has 62 valence electrons. The highest BCUT2D eigenvalue weighted by Gasteiger charge is 2.24. The zero-order valence-corrected chi connectivity index (χ0v) is 6.50. The molecule has 0 N–H and O–H groups in total. The first-order valence-corrected chi connectivity index (χ1v) is 3.93. The molecular formula is C9H8O3. The van der Waals surface area contributed by atoms with Gasteiger partial charge in [0.15, 0.2) is 0 Å². The number of fused-ring (bicyclic) bond motifs is 1. The highest BCUT2D eigenvalue weighted by atomic mass is 16.3. The van der Waals surface area contributed by atoms with Gasteiger partial charge in [-0.3, -0.25) is 9.59 Å². The number of aryl methyl sites for hydroxylation is 1. The lowest BCUT2D eigenvalue weighted by molar-refractivity contribution is -0.115. The van der Waals surface area contributed by atoms with E-state index in [2.05, 4.69) is 0 Å². The van der Waals surface area contributed by atoms with Crippen LogP contribution in [0.2, 0.25) is 0 Å². The lowest BCUT2D eigenvalue weighted by atomic mass is 10.1. The summed E-state index contributed by atoms with van der Waals surface area (Å²) in [5.41, 5.74) is 0.456. The molecule has 0 bridgehead atoms. The van der Waals surface area contributed by atoms with Crippen molar-refractivity contribution in [3.8, 4) is 0 Å². The maximum Gasteiger partial charge on any atom is 0.232 e. The van der Waals surface area contributed by atoms with Gasteiger partial charge in [-0.05, 0) is 12.5 Å². The van der Waals surface area contributed by atoms with Crippen LogP contribution in [0.25, 0.3) is 0 Å². The Morgan fingerprint density at radius 2 is 2.08 bits per heavy atom. The highest BCUT2D eigenvalue weighted by Crippen LogP contribution is 2.19. The second kappa shape index (κ2) is 2.59. The maximum absolute atomic E-state index is 11.3. The number of carbonyl (C=O) groups is 2. The Hall–Kier alpha value is -1.38. The fraction of sp³-hybridized carbons (Fsp3) is 0.333. The van der Waals surface area contributed by atoms with Crippen LogP contribution >= 0.6 is 0 Å². The van der Waals surface area contributed by atoms with Gasteiger partial charge < -0.3 is 4.42 Å². The van der Waals surface area contributed by atoms with Gasteiger partial charge in [0, 0.05) is 12.8 Å². The summed E-state index contributed by atoms with van der Waals surface area (Å²) < 4.78 is 5.08. The van der Waals surface area contributed by atoms with Crippen LogP contribution in [-0.2, 0) is 11.2 Å². The van der Waals surface area contributed by atoms with Gasteiger partial charge in [-0.25, -0.2) is 0 Å². The van der Waals surface area contributed by atoms with E-state index < -0.39 is 5.78 Å². The topological polar surface area (TPSA) is 47.3 Å². The molecule has 0 saturated heterocycles. The SMILES string of the molecule is O=C1CCCc2occc2C1=O. The second-order valence-corrected chi connectivity index (χ2v) is 2.86. The van der Waals surface area contributed by atoms with Crippen LogP contribution < -0.4 is 0 Å². The third-order valence-electron chi connectivity index (χ3n) is 2.05. The zero-order valence-electron chi connectivity index (χ0n) is 6.50. The summed E-state index contributed by atoms with van der Waals surface area (Å²) in [6, 6.07) is 1.57. The van der Waals surface area contributed by atoms with Crippen LogP contribution in [-0.4, -0.2) is 11.6 Å². The summed E-state index contributed by atoms with van der Waals surface area (Å²) in [5, 5.41) is 0. The average molecular weight is 164 g/mol. The molecule has 0 aliphatic heterocycles. The highest BCUT2D eigenvalue weighted by molar-refractivity contribution is 6.44. The Kier molecular flexibility index (Phi) is 1.57. The van der Waals surface area contributed by atoms with Gasteiger partial charge in [0.1, 0.15) is 5.76 Å². The Bertz CT molecular complexity index is 335. The maximum atomic E-state index is 11.3. The first kappa shape index (κ1) is 7.28. The molecule has 0 unspecified atom stereocenters. The van der Waals surface area contributed by atoms with Crippen LogP contribution in [0.15, 0.2) is 16.7 Å². The van der Waals surface area contributed by atoms with Crippen LogP contribution in [0.5, 0.6) is 0 Å². The third-order valence-corrected chi connectivity index (χ3v) is 2.05. The van der Waals surface area contributed by atoms with Gasteiger partial charge in [0.2, 0.25) is 11.6 Å². The summed E-state index contributed by atoms with van der Waals surface area (Å²) in [7, 11) is 0. The Balaban J connectivity index is 2.48. The zero-order chi connectivity index (χ0) is 8.55. The lowest BCUT2D eigenvalue weighted by Crippen LogP contribution is -2.11. The van der Waals surface area contributed by atoms with Crippen LogP contribution in [0.4, 0.5) is 0 Å². The summed E-state index contributed by atoms with van der Waals surface area (Å²) in [6.45, 7) is 0. The van der Waals surface area contributed by atoms with E-state index in [0.717, 1.165) is 0 Å². The van der Waals surface area contributed by atoms with Crippen molar-refractivity contribution >= 4 is 11.6 Å². The second-order valence-electron chi connectivity index (χ2n) is 2.86. The van der Waals surface area contributed by atoms with Crippen molar-refractivity contribution < 1.29 is 14.0 Å². The largest absolute Gasteiger partial charge is 0.469 e. The predicted molar refractivity (Wildman–Crippen MR) is 41.0 cm³/mol. The first-order valence-electron chi connectivity index (χ1n) is 3.93. The minimum atomic E-state index is -0.392. The van der Waals surface area contributed by atoms with Gasteiger partial charge in [0.05, 0.1) is 11.8 Å². The fourth-order valence-corrected chi connectivity index (χ4v) is 1.41. The molecule has 0 fully saturated rings. The lowest BCUT2D eigenvalue weighted by Gasteiger charge is -1.90. The number of rotatable bonds is 0. The van der Waals surface area contributed by atoms with Crippen molar-refractivity contribution in [1.82, 2.24) is 0 Å². The summed E-state index contributed by atoms with van der Waals surface area (Å²) in [4.78, 5) is 22.4. The Morgan fingerprint density at radius 3 is 2.92 bits per heavy atom. The standard InChI is InChI=1S/C9H8O3/c10-7-2-1-3-8-6(9(7)11)4-5-12-8/h4-5H,1-3H2. The molecule has 1 aliphatic carbocycles. The fourth-order valence-electron chi connectivity index (χ4n) is 1.41. The van der Waals surface area contributed by atoms with Crippen LogP contribution in [0.1, 0.15) is 29.0 Å². The molecule has 2 rings (SSSR count). The molecular weight excluding hydrogens is 156 g/mol. The van der Waals surface area contributed by atoms with E-state index in [1.54, 1.807) is 6.07 Å². The van der Waals surface area contributed by atoms with Crippen molar-refractivity contribution in [2.24, 2.45) is 0 Å². The monoisotopic (exact) mass is 164 g/mol. The van der Waals surface area contributed by atoms with Gasteiger partial charge in [-0.2, -0.15) is 0 Å². The molecule has 3 heteroatoms. The average Bonchev–Trinajstić information content (AvgIpc) is 2.46. The van der Waals surface area contributed by atoms with E-state index in [1.165, 1.54) is 6.26 Å². The van der Waals surface area contributed by atoms with Crippen LogP contribution in [0, 0.1) is 0 Å². The van der Waals surface area contributed by atoms with E-state index in [9.17, 15) is 9.59 Å². The number of Topliss-reactive ketones (excluding diaryl/α,β-unsaturated/α-hetero) is 2. The van der Waals surface area contributed by atoms with Crippen molar-refractivity contribution in [2.45, 2.75) is 19.3 Å². The number of ketones is 2. The summed E-state index contributed by atoms with van der Waals surface area (Å²) in [6.07, 6.45) is 3.22. The number of hydrogen-bond donors (Lipinski definition) is 0. The quantitative estimate of drug-likeness (QED) is 0.429. The molecule has 1 aliphatic rings. The molecule has 0 radical (unpaired) electrons. The molecule has 0 aromatic carbocycles. The minimum absolute atomic E-state index is 0.296. The Morgan fingerprint density at radius 1 is 1.25 bits per heavy atom. The molecule has 1 aromatic heterocycles. The van der Waals surface area contributed by atoms with E-state index in [4.69, 9.17) is 4.42 Å². The van der Waals surface area contributed by atoms with Gasteiger partial charge in [0.25, 0.3) is 0 Å². The van der Waals surface area contributed by atoms with Crippen LogP contribution in [0.3, 0.4) is 0 Å². The van der Waals surface area contributed by atoms with Gasteiger partial charge in [-0.15, -0.1) is 0 Å². The number of hydrogen-bond acceptors (Lipinski definition) is 3. The number of furan rings is 1. The summed E-state index contributed by atoms with van der Waals surface area (Å²) in [5.74, 6) is -0.0303. The van der Waals surface area contributed by atoms with Gasteiger partial charge >= 0.3 is 0 Å². The van der Waals surface area contributed by atoms with Crippen molar-refractivity contribution in [2.75, 3.05) is 0 Å². The normalized spacial score (nSPS) is 17.3.